The Morgan fingerprint density at radius 3 is 1.63 bits per heavy atom. The first-order valence-electron chi connectivity index (χ1n) is 10.6. The van der Waals surface area contributed by atoms with Crippen molar-refractivity contribution < 1.29 is 0 Å². The van der Waals surface area contributed by atoms with E-state index in [1.165, 1.54) is 66.1 Å². The zero-order valence-electron chi connectivity index (χ0n) is 18.1. The molecule has 0 heteroatoms. The van der Waals surface area contributed by atoms with Crippen LogP contribution in [0.1, 0.15) is 22.3 Å². The highest BCUT2D eigenvalue weighted by Gasteiger charge is 2.15. The number of hydrogen-bond acceptors (Lipinski definition) is 0. The Morgan fingerprint density at radius 2 is 0.967 bits per heavy atom. The highest BCUT2D eigenvalue weighted by molar-refractivity contribution is 6.14. The van der Waals surface area contributed by atoms with Gasteiger partial charge in [-0.3, -0.25) is 0 Å². The van der Waals surface area contributed by atoms with Crippen LogP contribution in [0.3, 0.4) is 0 Å². The fourth-order valence-electron chi connectivity index (χ4n) is 4.97. The maximum Gasteiger partial charge on any atom is -0.00213 e. The van der Waals surface area contributed by atoms with Crippen molar-refractivity contribution in [1.82, 2.24) is 0 Å². The minimum atomic E-state index is 1.29. The molecule has 0 aromatic heterocycles. The lowest BCUT2D eigenvalue weighted by atomic mass is 9.86. The molecule has 0 saturated carbocycles. The van der Waals surface area contributed by atoms with Crippen molar-refractivity contribution in [3.63, 3.8) is 0 Å². The van der Waals surface area contributed by atoms with Crippen molar-refractivity contribution in [2.75, 3.05) is 0 Å². The molecule has 0 amide bonds. The average molecular weight is 387 g/mol. The van der Waals surface area contributed by atoms with E-state index in [9.17, 15) is 0 Å². The van der Waals surface area contributed by atoms with E-state index in [1.807, 2.05) is 0 Å². The minimum Gasteiger partial charge on any atom is -0.0617 e. The lowest BCUT2D eigenvalue weighted by Gasteiger charge is -2.18. The van der Waals surface area contributed by atoms with E-state index >= 15 is 0 Å². The SMILES string of the molecule is Cc1cccc(C)c1-c1ccc2cc3ccccc3c(-c3c(C)cccc3C)c2c1. The van der Waals surface area contributed by atoms with Crippen molar-refractivity contribution in [2.45, 2.75) is 27.7 Å². The third-order valence-corrected chi connectivity index (χ3v) is 6.36. The Balaban J connectivity index is 1.94. The van der Waals surface area contributed by atoms with Gasteiger partial charge in [0.05, 0.1) is 0 Å². The molecular formula is C30H26. The molecule has 5 aromatic carbocycles. The van der Waals surface area contributed by atoms with Crippen LogP contribution >= 0.6 is 0 Å². The molecule has 5 rings (SSSR count). The summed E-state index contributed by atoms with van der Waals surface area (Å²) in [7, 11) is 0. The number of aryl methyl sites for hydroxylation is 4. The first-order valence-corrected chi connectivity index (χ1v) is 10.6. The van der Waals surface area contributed by atoms with Crippen LogP contribution in [0.4, 0.5) is 0 Å². The van der Waals surface area contributed by atoms with Crippen LogP contribution in [0.15, 0.2) is 84.9 Å². The fourth-order valence-corrected chi connectivity index (χ4v) is 4.97. The molecule has 0 saturated heterocycles. The van der Waals surface area contributed by atoms with Gasteiger partial charge >= 0.3 is 0 Å². The summed E-state index contributed by atoms with van der Waals surface area (Å²) in [5.41, 5.74) is 10.6. The van der Waals surface area contributed by atoms with E-state index in [0.717, 1.165) is 0 Å². The number of benzene rings is 5. The summed E-state index contributed by atoms with van der Waals surface area (Å²) in [6.07, 6.45) is 0. The molecule has 30 heavy (non-hydrogen) atoms. The van der Waals surface area contributed by atoms with Gasteiger partial charge in [0, 0.05) is 0 Å². The van der Waals surface area contributed by atoms with Crippen molar-refractivity contribution >= 4 is 21.5 Å². The lowest BCUT2D eigenvalue weighted by Crippen LogP contribution is -1.93. The van der Waals surface area contributed by atoms with Crippen LogP contribution in [0.25, 0.3) is 43.8 Å². The van der Waals surface area contributed by atoms with Crippen LogP contribution in [-0.4, -0.2) is 0 Å². The van der Waals surface area contributed by atoms with Crippen LogP contribution in [-0.2, 0) is 0 Å². The Bertz CT molecular complexity index is 1380. The molecule has 0 heterocycles. The van der Waals surface area contributed by atoms with Gasteiger partial charge in [0.1, 0.15) is 0 Å². The molecule has 0 atom stereocenters. The molecule has 0 aliphatic heterocycles. The Labute approximate surface area is 178 Å². The average Bonchev–Trinajstić information content (AvgIpc) is 2.73. The Hall–Kier alpha value is -3.38. The van der Waals surface area contributed by atoms with Gasteiger partial charge in [0.2, 0.25) is 0 Å². The second-order valence-corrected chi connectivity index (χ2v) is 8.44. The van der Waals surface area contributed by atoms with Crippen LogP contribution in [0.2, 0.25) is 0 Å². The topological polar surface area (TPSA) is 0 Å². The summed E-state index contributed by atoms with van der Waals surface area (Å²) in [6, 6.07) is 31.3. The van der Waals surface area contributed by atoms with Crippen LogP contribution < -0.4 is 0 Å². The van der Waals surface area contributed by atoms with E-state index < -0.39 is 0 Å². The summed E-state index contributed by atoms with van der Waals surface area (Å²) in [5.74, 6) is 0. The lowest BCUT2D eigenvalue weighted by molar-refractivity contribution is 1.38. The number of rotatable bonds is 2. The normalized spacial score (nSPS) is 11.3. The van der Waals surface area contributed by atoms with E-state index in [4.69, 9.17) is 0 Å². The van der Waals surface area contributed by atoms with E-state index in [1.54, 1.807) is 0 Å². The molecule has 0 N–H and O–H groups in total. The van der Waals surface area contributed by atoms with Gasteiger partial charge in [-0.15, -0.1) is 0 Å². The summed E-state index contributed by atoms with van der Waals surface area (Å²) in [4.78, 5) is 0. The first kappa shape index (κ1) is 18.6. The summed E-state index contributed by atoms with van der Waals surface area (Å²) in [5, 5.41) is 5.23. The van der Waals surface area contributed by atoms with Crippen LogP contribution in [0, 0.1) is 27.7 Å². The van der Waals surface area contributed by atoms with Crippen molar-refractivity contribution in [3.05, 3.63) is 107 Å². The maximum atomic E-state index is 2.40. The molecule has 5 aromatic rings. The smallest absolute Gasteiger partial charge is 0.00213 e. The molecule has 0 unspecified atom stereocenters. The molecular weight excluding hydrogens is 360 g/mol. The minimum absolute atomic E-state index is 1.29. The van der Waals surface area contributed by atoms with E-state index in [0.29, 0.717) is 0 Å². The fraction of sp³-hybridized carbons (Fsp3) is 0.133. The zero-order chi connectivity index (χ0) is 20.8. The highest BCUT2D eigenvalue weighted by atomic mass is 14.2. The second kappa shape index (κ2) is 7.15. The van der Waals surface area contributed by atoms with E-state index in [2.05, 4.69) is 113 Å². The highest BCUT2D eigenvalue weighted by Crippen LogP contribution is 2.41. The van der Waals surface area contributed by atoms with Gasteiger partial charge in [-0.1, -0.05) is 72.8 Å². The van der Waals surface area contributed by atoms with Crippen LogP contribution in [0.5, 0.6) is 0 Å². The van der Waals surface area contributed by atoms with Gasteiger partial charge in [0.25, 0.3) is 0 Å². The monoisotopic (exact) mass is 386 g/mol. The van der Waals surface area contributed by atoms with Gasteiger partial charge in [0.15, 0.2) is 0 Å². The standard InChI is InChI=1S/C30H26/c1-19-9-7-10-20(2)28(19)25-16-15-24-17-23-13-5-6-14-26(23)30(27(24)18-25)29-21(3)11-8-12-22(29)4/h5-18H,1-4H3. The van der Waals surface area contributed by atoms with Gasteiger partial charge in [-0.2, -0.15) is 0 Å². The number of hydrogen-bond donors (Lipinski definition) is 0. The Morgan fingerprint density at radius 1 is 0.400 bits per heavy atom. The number of fused-ring (bicyclic) bond motifs is 2. The summed E-state index contributed by atoms with van der Waals surface area (Å²) < 4.78 is 0. The molecule has 0 aliphatic carbocycles. The van der Waals surface area contributed by atoms with Crippen molar-refractivity contribution in [3.8, 4) is 22.3 Å². The molecule has 146 valence electrons. The van der Waals surface area contributed by atoms with Gasteiger partial charge in [-0.05, 0) is 106 Å². The van der Waals surface area contributed by atoms with Gasteiger partial charge in [-0.25, -0.2) is 0 Å². The third-order valence-electron chi connectivity index (χ3n) is 6.36. The molecule has 0 spiro atoms. The molecule has 0 bridgehead atoms. The van der Waals surface area contributed by atoms with Gasteiger partial charge < -0.3 is 0 Å². The van der Waals surface area contributed by atoms with Crippen molar-refractivity contribution in [1.29, 1.82) is 0 Å². The largest absolute Gasteiger partial charge is 0.0617 e. The molecule has 0 nitrogen and oxygen atoms in total. The second-order valence-electron chi connectivity index (χ2n) is 8.44. The van der Waals surface area contributed by atoms with Crippen molar-refractivity contribution in [2.24, 2.45) is 0 Å². The van der Waals surface area contributed by atoms with E-state index in [-0.39, 0.29) is 0 Å². The predicted octanol–water partition coefficient (Wildman–Crippen LogP) is 8.56. The summed E-state index contributed by atoms with van der Waals surface area (Å²) >= 11 is 0. The first-order chi connectivity index (χ1) is 14.5. The predicted molar refractivity (Wildman–Crippen MR) is 131 cm³/mol. The molecule has 0 fully saturated rings. The third kappa shape index (κ3) is 2.92. The maximum absolute atomic E-state index is 2.40. The quantitative estimate of drug-likeness (QED) is 0.267. The molecule has 0 radical (unpaired) electrons. The Kier molecular flexibility index (Phi) is 4.44. The summed E-state index contributed by atoms with van der Waals surface area (Å²) in [6.45, 7) is 8.87. The zero-order valence-corrected chi connectivity index (χ0v) is 18.1. The molecule has 0 aliphatic rings.